The summed E-state index contributed by atoms with van der Waals surface area (Å²) < 4.78 is 0. The van der Waals surface area contributed by atoms with Crippen molar-refractivity contribution in [3.05, 3.63) is 0 Å². The van der Waals surface area contributed by atoms with E-state index in [1.54, 1.807) is 0 Å². The average Bonchev–Trinajstić information content (AvgIpc) is 2.76. The molecule has 0 aromatic heterocycles. The Balaban J connectivity index is 2.48. The quantitative estimate of drug-likeness (QED) is 0.638. The molecule has 1 rings (SSSR count). The van der Waals surface area contributed by atoms with Crippen LogP contribution in [0.2, 0.25) is 0 Å². The second-order valence-electron chi connectivity index (χ2n) is 6.62. The second kappa shape index (κ2) is 7.99. The summed E-state index contributed by atoms with van der Waals surface area (Å²) in [5, 5.41) is 0. The number of amides is 1. The summed E-state index contributed by atoms with van der Waals surface area (Å²) in [7, 11) is 0. The third-order valence-electron chi connectivity index (χ3n) is 4.87. The Morgan fingerprint density at radius 2 is 2.05 bits per heavy atom. The highest BCUT2D eigenvalue weighted by Crippen LogP contribution is 2.36. The molecule has 0 radical (unpaired) electrons. The number of primary amides is 1. The third-order valence-corrected chi connectivity index (χ3v) is 4.87. The van der Waals surface area contributed by atoms with Gasteiger partial charge in [-0.25, -0.2) is 0 Å². The fourth-order valence-corrected chi connectivity index (χ4v) is 3.34. The van der Waals surface area contributed by atoms with E-state index in [9.17, 15) is 4.79 Å². The predicted octanol–water partition coefficient (Wildman–Crippen LogP) is 2.26. The normalized spacial score (nSPS) is 26.6. The maximum Gasteiger partial charge on any atom is 0.237 e. The van der Waals surface area contributed by atoms with E-state index in [2.05, 4.69) is 25.7 Å². The van der Waals surface area contributed by atoms with Gasteiger partial charge in [-0.2, -0.15) is 0 Å². The molecule has 4 nitrogen and oxygen atoms in total. The summed E-state index contributed by atoms with van der Waals surface area (Å²) in [5.41, 5.74) is 11.0. The average molecular weight is 283 g/mol. The van der Waals surface area contributed by atoms with Crippen LogP contribution < -0.4 is 11.5 Å². The molecule has 20 heavy (non-hydrogen) atoms. The lowest BCUT2D eigenvalue weighted by Crippen LogP contribution is -2.55. The molecule has 1 fully saturated rings. The van der Waals surface area contributed by atoms with E-state index in [1.165, 1.54) is 19.3 Å². The van der Waals surface area contributed by atoms with Crippen LogP contribution in [-0.4, -0.2) is 35.5 Å². The summed E-state index contributed by atoms with van der Waals surface area (Å²) in [6, 6.07) is 0.550. The molecule has 2 unspecified atom stereocenters. The fraction of sp³-hybridized carbons (Fsp3) is 0.938. The van der Waals surface area contributed by atoms with Crippen molar-refractivity contribution >= 4 is 5.91 Å². The standard InChI is InChI=1S/C16H33N3O/c1-4-5-6-11-19(13(2)3)12-9-14-8-7-10-16(14,18)15(17)20/h13-14H,4-12,18H2,1-3H3,(H2,17,20). The molecular weight excluding hydrogens is 250 g/mol. The zero-order chi connectivity index (χ0) is 15.2. The minimum atomic E-state index is -0.758. The Kier molecular flexibility index (Phi) is 6.96. The van der Waals surface area contributed by atoms with Gasteiger partial charge in [0, 0.05) is 6.04 Å². The van der Waals surface area contributed by atoms with Crippen molar-refractivity contribution in [1.82, 2.24) is 4.90 Å². The molecule has 0 bridgehead atoms. The van der Waals surface area contributed by atoms with Crippen molar-refractivity contribution < 1.29 is 4.79 Å². The fourth-order valence-electron chi connectivity index (χ4n) is 3.34. The van der Waals surface area contributed by atoms with Gasteiger partial charge in [0.15, 0.2) is 0 Å². The first kappa shape index (κ1) is 17.4. The molecule has 0 aromatic rings. The van der Waals surface area contributed by atoms with Crippen LogP contribution in [0, 0.1) is 5.92 Å². The number of nitrogens with zero attached hydrogens (tertiary/aromatic N) is 1. The highest BCUT2D eigenvalue weighted by Gasteiger charge is 2.44. The largest absolute Gasteiger partial charge is 0.368 e. The summed E-state index contributed by atoms with van der Waals surface area (Å²) in [5.74, 6) is -0.0606. The maximum atomic E-state index is 11.6. The van der Waals surface area contributed by atoms with E-state index >= 15 is 0 Å². The number of unbranched alkanes of at least 4 members (excludes halogenated alkanes) is 2. The van der Waals surface area contributed by atoms with Crippen LogP contribution in [0.5, 0.6) is 0 Å². The number of carbonyl (C=O) groups is 1. The van der Waals surface area contributed by atoms with E-state index in [4.69, 9.17) is 11.5 Å². The van der Waals surface area contributed by atoms with Crippen LogP contribution in [0.3, 0.4) is 0 Å². The highest BCUT2D eigenvalue weighted by atomic mass is 16.1. The molecule has 1 aliphatic rings. The van der Waals surface area contributed by atoms with Crippen LogP contribution in [-0.2, 0) is 4.79 Å². The van der Waals surface area contributed by atoms with Crippen molar-refractivity contribution in [2.24, 2.45) is 17.4 Å². The minimum Gasteiger partial charge on any atom is -0.368 e. The summed E-state index contributed by atoms with van der Waals surface area (Å²) in [6.07, 6.45) is 7.61. The Labute approximate surface area is 124 Å². The van der Waals surface area contributed by atoms with Crippen LogP contribution in [0.1, 0.15) is 65.7 Å². The molecule has 4 N–H and O–H groups in total. The van der Waals surface area contributed by atoms with Crippen molar-refractivity contribution in [1.29, 1.82) is 0 Å². The molecule has 0 saturated heterocycles. The Bertz CT molecular complexity index is 306. The van der Waals surface area contributed by atoms with Gasteiger partial charge in [0.25, 0.3) is 0 Å². The predicted molar refractivity (Wildman–Crippen MR) is 84.3 cm³/mol. The smallest absolute Gasteiger partial charge is 0.237 e. The first-order valence-corrected chi connectivity index (χ1v) is 8.24. The van der Waals surface area contributed by atoms with Crippen LogP contribution in [0.4, 0.5) is 0 Å². The minimum absolute atomic E-state index is 0.257. The van der Waals surface area contributed by atoms with Gasteiger partial charge in [0.05, 0.1) is 5.54 Å². The van der Waals surface area contributed by atoms with Crippen molar-refractivity contribution in [2.75, 3.05) is 13.1 Å². The molecule has 0 heterocycles. The van der Waals surface area contributed by atoms with Gasteiger partial charge in [0.1, 0.15) is 0 Å². The van der Waals surface area contributed by atoms with Crippen LogP contribution in [0.25, 0.3) is 0 Å². The lowest BCUT2D eigenvalue weighted by atomic mass is 9.85. The molecule has 0 aromatic carbocycles. The van der Waals surface area contributed by atoms with Gasteiger partial charge in [-0.1, -0.05) is 26.2 Å². The van der Waals surface area contributed by atoms with Crippen LogP contribution in [0.15, 0.2) is 0 Å². The first-order chi connectivity index (χ1) is 9.41. The summed E-state index contributed by atoms with van der Waals surface area (Å²) in [6.45, 7) is 8.88. The zero-order valence-corrected chi connectivity index (χ0v) is 13.5. The van der Waals surface area contributed by atoms with Gasteiger partial charge in [-0.15, -0.1) is 0 Å². The topological polar surface area (TPSA) is 72.3 Å². The van der Waals surface area contributed by atoms with E-state index < -0.39 is 5.54 Å². The molecule has 2 atom stereocenters. The molecule has 4 heteroatoms. The third kappa shape index (κ3) is 4.45. The van der Waals surface area contributed by atoms with Gasteiger partial charge in [0.2, 0.25) is 5.91 Å². The van der Waals surface area contributed by atoms with E-state index in [0.29, 0.717) is 6.04 Å². The lowest BCUT2D eigenvalue weighted by Gasteiger charge is -2.32. The molecule has 1 aliphatic carbocycles. The van der Waals surface area contributed by atoms with E-state index in [1.807, 2.05) is 0 Å². The monoisotopic (exact) mass is 283 g/mol. The van der Waals surface area contributed by atoms with E-state index in [-0.39, 0.29) is 11.8 Å². The molecule has 118 valence electrons. The van der Waals surface area contributed by atoms with Crippen molar-refractivity contribution in [3.8, 4) is 0 Å². The summed E-state index contributed by atoms with van der Waals surface area (Å²) in [4.78, 5) is 14.1. The Hall–Kier alpha value is -0.610. The van der Waals surface area contributed by atoms with Gasteiger partial charge < -0.3 is 16.4 Å². The number of hydrogen-bond acceptors (Lipinski definition) is 3. The zero-order valence-electron chi connectivity index (χ0n) is 13.5. The maximum absolute atomic E-state index is 11.6. The number of carbonyl (C=O) groups excluding carboxylic acids is 1. The SMILES string of the molecule is CCCCCN(CCC1CCCC1(N)C(N)=O)C(C)C. The van der Waals surface area contributed by atoms with Crippen molar-refractivity contribution in [3.63, 3.8) is 0 Å². The lowest BCUT2D eigenvalue weighted by molar-refractivity contribution is -0.124. The Morgan fingerprint density at radius 1 is 1.35 bits per heavy atom. The molecule has 0 spiro atoms. The Morgan fingerprint density at radius 3 is 2.60 bits per heavy atom. The number of rotatable bonds is 9. The van der Waals surface area contributed by atoms with E-state index in [0.717, 1.165) is 38.8 Å². The van der Waals surface area contributed by atoms with Crippen molar-refractivity contribution in [2.45, 2.75) is 77.3 Å². The summed E-state index contributed by atoms with van der Waals surface area (Å²) >= 11 is 0. The molecule has 0 aliphatic heterocycles. The van der Waals surface area contributed by atoms with Gasteiger partial charge in [-0.05, 0) is 58.5 Å². The molecule has 1 saturated carbocycles. The highest BCUT2D eigenvalue weighted by molar-refractivity contribution is 5.85. The number of hydrogen-bond donors (Lipinski definition) is 2. The first-order valence-electron chi connectivity index (χ1n) is 8.24. The molecular formula is C16H33N3O. The van der Waals surface area contributed by atoms with Gasteiger partial charge in [-0.3, -0.25) is 4.79 Å². The van der Waals surface area contributed by atoms with Gasteiger partial charge >= 0.3 is 0 Å². The second-order valence-corrected chi connectivity index (χ2v) is 6.62. The van der Waals surface area contributed by atoms with Crippen LogP contribution >= 0.6 is 0 Å². The molecule has 1 amide bonds. The number of nitrogens with two attached hydrogens (primary N) is 2.